The van der Waals surface area contributed by atoms with Crippen LogP contribution in [-0.2, 0) is 0 Å². The Hall–Kier alpha value is -1.03. The Bertz CT molecular complexity index is 350. The molecule has 1 aromatic rings. The van der Waals surface area contributed by atoms with Gasteiger partial charge in [-0.3, -0.25) is 0 Å². The van der Waals surface area contributed by atoms with Crippen LogP contribution in [0, 0.1) is 23.4 Å². The van der Waals surface area contributed by atoms with Crippen LogP contribution in [0.2, 0.25) is 0 Å². The summed E-state index contributed by atoms with van der Waals surface area (Å²) in [5.41, 5.74) is 0.0324. The molecule has 0 aliphatic carbocycles. The second-order valence-corrected chi connectivity index (χ2v) is 3.80. The molecule has 4 heteroatoms. The zero-order valence-electron chi connectivity index (χ0n) is 8.94. The van der Waals surface area contributed by atoms with Gasteiger partial charge in [0.25, 0.3) is 0 Å². The lowest BCUT2D eigenvalue weighted by Crippen LogP contribution is -2.23. The molecule has 0 fully saturated rings. The van der Waals surface area contributed by atoms with E-state index in [-0.39, 0.29) is 11.5 Å². The van der Waals surface area contributed by atoms with Crippen molar-refractivity contribution >= 4 is 0 Å². The van der Waals surface area contributed by atoms with Crippen molar-refractivity contribution in [3.05, 3.63) is 35.1 Å². The van der Waals surface area contributed by atoms with Crippen LogP contribution >= 0.6 is 0 Å². The van der Waals surface area contributed by atoms with Gasteiger partial charge in [0.05, 0.1) is 0 Å². The SMILES string of the molecule is CNC(c1cc(F)cc(F)c1F)C(C)C. The second kappa shape index (κ2) is 4.66. The molecule has 1 aromatic carbocycles. The third-order valence-electron chi connectivity index (χ3n) is 2.33. The van der Waals surface area contributed by atoms with Gasteiger partial charge < -0.3 is 5.32 Å². The minimum absolute atomic E-state index is 0.0324. The van der Waals surface area contributed by atoms with Crippen molar-refractivity contribution in [2.75, 3.05) is 7.05 Å². The van der Waals surface area contributed by atoms with E-state index in [1.165, 1.54) is 0 Å². The zero-order chi connectivity index (χ0) is 11.6. The number of hydrogen-bond acceptors (Lipinski definition) is 1. The molecule has 0 aromatic heterocycles. The van der Waals surface area contributed by atoms with Crippen LogP contribution in [0.15, 0.2) is 12.1 Å². The van der Waals surface area contributed by atoms with Gasteiger partial charge in [0.1, 0.15) is 5.82 Å². The van der Waals surface area contributed by atoms with Gasteiger partial charge >= 0.3 is 0 Å². The molecule has 0 saturated carbocycles. The molecule has 0 bridgehead atoms. The van der Waals surface area contributed by atoms with E-state index in [9.17, 15) is 13.2 Å². The van der Waals surface area contributed by atoms with E-state index in [4.69, 9.17) is 0 Å². The van der Waals surface area contributed by atoms with Crippen molar-refractivity contribution in [1.29, 1.82) is 0 Å². The molecular weight excluding hydrogens is 203 g/mol. The molecule has 0 saturated heterocycles. The van der Waals surface area contributed by atoms with Gasteiger partial charge in [-0.15, -0.1) is 0 Å². The normalized spacial score (nSPS) is 13.3. The lowest BCUT2D eigenvalue weighted by Gasteiger charge is -2.21. The summed E-state index contributed by atoms with van der Waals surface area (Å²) >= 11 is 0. The van der Waals surface area contributed by atoms with Crippen LogP contribution in [0.5, 0.6) is 0 Å². The fourth-order valence-corrected chi connectivity index (χ4v) is 1.65. The molecule has 1 unspecified atom stereocenters. The van der Waals surface area contributed by atoms with E-state index in [2.05, 4.69) is 5.32 Å². The highest BCUT2D eigenvalue weighted by molar-refractivity contribution is 5.24. The fourth-order valence-electron chi connectivity index (χ4n) is 1.65. The van der Waals surface area contributed by atoms with Gasteiger partial charge in [-0.05, 0) is 19.0 Å². The Labute approximate surface area is 87.3 Å². The first-order valence-electron chi connectivity index (χ1n) is 4.79. The summed E-state index contributed by atoms with van der Waals surface area (Å²) in [5, 5.41) is 2.84. The van der Waals surface area contributed by atoms with Gasteiger partial charge in [0.2, 0.25) is 0 Å². The largest absolute Gasteiger partial charge is 0.313 e. The van der Waals surface area contributed by atoms with Crippen LogP contribution < -0.4 is 5.32 Å². The maximum Gasteiger partial charge on any atom is 0.163 e. The lowest BCUT2D eigenvalue weighted by atomic mass is 9.95. The molecule has 0 aliphatic rings. The predicted molar refractivity (Wildman–Crippen MR) is 53.0 cm³/mol. The number of benzene rings is 1. The molecule has 1 N–H and O–H groups in total. The monoisotopic (exact) mass is 217 g/mol. The minimum atomic E-state index is -1.15. The lowest BCUT2D eigenvalue weighted by molar-refractivity contribution is 0.404. The number of hydrogen-bond donors (Lipinski definition) is 1. The third kappa shape index (κ3) is 2.50. The molecule has 0 radical (unpaired) electrons. The van der Waals surface area contributed by atoms with Gasteiger partial charge in [0, 0.05) is 17.7 Å². The molecule has 0 spiro atoms. The molecule has 1 atom stereocenters. The van der Waals surface area contributed by atoms with Crippen LogP contribution in [0.25, 0.3) is 0 Å². The summed E-state index contributed by atoms with van der Waals surface area (Å²) in [7, 11) is 1.63. The number of halogens is 3. The van der Waals surface area contributed by atoms with E-state index in [0.29, 0.717) is 6.07 Å². The van der Waals surface area contributed by atoms with Crippen LogP contribution in [-0.4, -0.2) is 7.05 Å². The summed E-state index contributed by atoms with van der Waals surface area (Å²) in [6.45, 7) is 3.70. The van der Waals surface area contributed by atoms with Crippen molar-refractivity contribution < 1.29 is 13.2 Å². The Morgan fingerprint density at radius 2 is 1.73 bits per heavy atom. The van der Waals surface area contributed by atoms with E-state index in [1.54, 1.807) is 7.05 Å². The molecule has 1 nitrogen and oxygen atoms in total. The number of nitrogens with one attached hydrogen (secondary N) is 1. The summed E-state index contributed by atoms with van der Waals surface area (Å²) in [6, 6.07) is 1.18. The van der Waals surface area contributed by atoms with Crippen molar-refractivity contribution in [2.24, 2.45) is 5.92 Å². The smallest absolute Gasteiger partial charge is 0.163 e. The summed E-state index contributed by atoms with van der Waals surface area (Å²) in [5.74, 6) is -2.84. The van der Waals surface area contributed by atoms with Crippen LogP contribution in [0.4, 0.5) is 13.2 Å². The average Bonchev–Trinajstić information content (AvgIpc) is 2.13. The first kappa shape index (κ1) is 12.0. The third-order valence-corrected chi connectivity index (χ3v) is 2.33. The Kier molecular flexibility index (Phi) is 3.74. The molecule has 15 heavy (non-hydrogen) atoms. The van der Waals surface area contributed by atoms with Gasteiger partial charge in [-0.2, -0.15) is 0 Å². The summed E-state index contributed by atoms with van der Waals surface area (Å²) < 4.78 is 39.3. The van der Waals surface area contributed by atoms with Crippen molar-refractivity contribution in [3.63, 3.8) is 0 Å². The zero-order valence-corrected chi connectivity index (χ0v) is 8.94. The quantitative estimate of drug-likeness (QED) is 0.767. The minimum Gasteiger partial charge on any atom is -0.313 e. The second-order valence-electron chi connectivity index (χ2n) is 3.80. The van der Waals surface area contributed by atoms with E-state index < -0.39 is 23.5 Å². The van der Waals surface area contributed by atoms with Crippen molar-refractivity contribution in [3.8, 4) is 0 Å². The molecule has 0 amide bonds. The topological polar surface area (TPSA) is 12.0 Å². The van der Waals surface area contributed by atoms with Crippen LogP contribution in [0.3, 0.4) is 0 Å². The maximum absolute atomic E-state index is 13.4. The molecule has 0 aliphatic heterocycles. The standard InChI is InChI=1S/C11H14F3N/c1-6(2)11(15-3)8-4-7(12)5-9(13)10(8)14/h4-6,11,15H,1-3H3. The first-order chi connectivity index (χ1) is 6.97. The highest BCUT2D eigenvalue weighted by Gasteiger charge is 2.21. The summed E-state index contributed by atoms with van der Waals surface area (Å²) in [4.78, 5) is 0. The van der Waals surface area contributed by atoms with Gasteiger partial charge in [0.15, 0.2) is 11.6 Å². The van der Waals surface area contributed by atoms with Gasteiger partial charge in [-0.25, -0.2) is 13.2 Å². The summed E-state index contributed by atoms with van der Waals surface area (Å²) in [6.07, 6.45) is 0. The molecule has 84 valence electrons. The van der Waals surface area contributed by atoms with E-state index in [1.807, 2.05) is 13.8 Å². The van der Waals surface area contributed by atoms with Crippen molar-refractivity contribution in [2.45, 2.75) is 19.9 Å². The Balaban J connectivity index is 3.22. The Morgan fingerprint density at radius 1 is 1.13 bits per heavy atom. The molecule has 1 rings (SSSR count). The Morgan fingerprint density at radius 3 is 2.20 bits per heavy atom. The first-order valence-corrected chi connectivity index (χ1v) is 4.79. The predicted octanol–water partition coefficient (Wildman–Crippen LogP) is 3.02. The average molecular weight is 217 g/mol. The van der Waals surface area contributed by atoms with Crippen LogP contribution in [0.1, 0.15) is 25.5 Å². The highest BCUT2D eigenvalue weighted by Crippen LogP contribution is 2.26. The maximum atomic E-state index is 13.4. The molecular formula is C11H14F3N. The van der Waals surface area contributed by atoms with Crippen molar-refractivity contribution in [1.82, 2.24) is 5.32 Å². The highest BCUT2D eigenvalue weighted by atomic mass is 19.2. The molecule has 0 heterocycles. The van der Waals surface area contributed by atoms with E-state index >= 15 is 0 Å². The van der Waals surface area contributed by atoms with Gasteiger partial charge in [-0.1, -0.05) is 13.8 Å². The number of rotatable bonds is 3. The fraction of sp³-hybridized carbons (Fsp3) is 0.455. The van der Waals surface area contributed by atoms with E-state index in [0.717, 1.165) is 6.07 Å².